The molecule has 16 heavy (non-hydrogen) atoms. The number of fused-ring (bicyclic) bond motifs is 2. The van der Waals surface area contributed by atoms with Gasteiger partial charge in [-0.15, -0.1) is 0 Å². The van der Waals surface area contributed by atoms with E-state index in [0.29, 0.717) is 5.92 Å². The van der Waals surface area contributed by atoms with Crippen molar-refractivity contribution in [3.8, 4) is 0 Å². The average Bonchev–Trinajstić information content (AvgIpc) is 2.89. The highest BCUT2D eigenvalue weighted by atomic mass is 16.3. The minimum absolute atomic E-state index is 0.181. The summed E-state index contributed by atoms with van der Waals surface area (Å²) < 4.78 is 0. The third-order valence-electron chi connectivity index (χ3n) is 4.48. The van der Waals surface area contributed by atoms with E-state index in [4.69, 9.17) is 0 Å². The molecule has 0 amide bonds. The lowest BCUT2D eigenvalue weighted by atomic mass is 9.93. The van der Waals surface area contributed by atoms with Crippen molar-refractivity contribution in [1.82, 2.24) is 5.32 Å². The van der Waals surface area contributed by atoms with Gasteiger partial charge in [-0.1, -0.05) is 32.4 Å². The van der Waals surface area contributed by atoms with Crippen LogP contribution in [0.5, 0.6) is 0 Å². The molecule has 1 saturated carbocycles. The van der Waals surface area contributed by atoms with Crippen LogP contribution in [-0.4, -0.2) is 24.3 Å². The van der Waals surface area contributed by atoms with Gasteiger partial charge in [0.15, 0.2) is 0 Å². The molecule has 0 saturated heterocycles. The molecule has 2 aliphatic carbocycles. The summed E-state index contributed by atoms with van der Waals surface area (Å²) in [7, 11) is 0. The summed E-state index contributed by atoms with van der Waals surface area (Å²) in [5.41, 5.74) is 0. The summed E-state index contributed by atoms with van der Waals surface area (Å²) in [5.74, 6) is 2.90. The molecule has 2 rings (SSSR count). The molecular formula is C14H25NO. The van der Waals surface area contributed by atoms with Gasteiger partial charge in [0, 0.05) is 6.54 Å². The van der Waals surface area contributed by atoms with Crippen LogP contribution in [0.1, 0.15) is 33.1 Å². The van der Waals surface area contributed by atoms with Gasteiger partial charge in [-0.25, -0.2) is 0 Å². The monoisotopic (exact) mass is 223 g/mol. The van der Waals surface area contributed by atoms with Crippen molar-refractivity contribution in [2.45, 2.75) is 39.2 Å². The van der Waals surface area contributed by atoms with Crippen LogP contribution in [-0.2, 0) is 0 Å². The van der Waals surface area contributed by atoms with Crippen LogP contribution in [0.2, 0.25) is 0 Å². The largest absolute Gasteiger partial charge is 0.392 e. The topological polar surface area (TPSA) is 32.3 Å². The Morgan fingerprint density at radius 1 is 1.38 bits per heavy atom. The van der Waals surface area contributed by atoms with Gasteiger partial charge in [-0.05, 0) is 43.1 Å². The number of aliphatic hydroxyl groups is 1. The van der Waals surface area contributed by atoms with E-state index < -0.39 is 0 Å². The first kappa shape index (κ1) is 12.1. The molecule has 0 aromatic carbocycles. The fourth-order valence-corrected chi connectivity index (χ4v) is 3.02. The molecule has 92 valence electrons. The summed E-state index contributed by atoms with van der Waals surface area (Å²) in [6, 6.07) is 0. The predicted molar refractivity (Wildman–Crippen MR) is 67.2 cm³/mol. The summed E-state index contributed by atoms with van der Waals surface area (Å²) in [4.78, 5) is 0. The smallest absolute Gasteiger partial charge is 0.0689 e. The molecule has 5 atom stereocenters. The molecule has 0 heterocycles. The Hall–Kier alpha value is -0.340. The molecule has 0 aromatic rings. The van der Waals surface area contributed by atoms with Crippen molar-refractivity contribution in [2.24, 2.45) is 23.7 Å². The van der Waals surface area contributed by atoms with Crippen molar-refractivity contribution < 1.29 is 5.11 Å². The van der Waals surface area contributed by atoms with E-state index in [0.717, 1.165) is 37.3 Å². The van der Waals surface area contributed by atoms with E-state index in [1.54, 1.807) is 0 Å². The quantitative estimate of drug-likeness (QED) is 0.677. The Kier molecular flexibility index (Phi) is 4.04. The van der Waals surface area contributed by atoms with Gasteiger partial charge in [0.25, 0.3) is 0 Å². The van der Waals surface area contributed by atoms with Crippen LogP contribution in [0.25, 0.3) is 0 Å². The normalized spacial score (nSPS) is 35.6. The maximum Gasteiger partial charge on any atom is 0.0689 e. The number of aliphatic hydroxyl groups excluding tert-OH is 1. The summed E-state index contributed by atoms with van der Waals surface area (Å²) in [6.07, 6.45) is 8.38. The SMILES string of the molecule is CCC(C)C(O)CNCC1CC2C=CC1C2. The first-order valence-corrected chi connectivity index (χ1v) is 6.77. The second kappa shape index (κ2) is 5.33. The van der Waals surface area contributed by atoms with E-state index in [-0.39, 0.29) is 6.10 Å². The van der Waals surface area contributed by atoms with Crippen LogP contribution in [0.3, 0.4) is 0 Å². The third-order valence-corrected chi connectivity index (χ3v) is 4.48. The van der Waals surface area contributed by atoms with Crippen molar-refractivity contribution in [3.63, 3.8) is 0 Å². The van der Waals surface area contributed by atoms with Crippen molar-refractivity contribution in [1.29, 1.82) is 0 Å². The van der Waals surface area contributed by atoms with Crippen LogP contribution in [0, 0.1) is 23.7 Å². The highest BCUT2D eigenvalue weighted by Crippen LogP contribution is 2.42. The van der Waals surface area contributed by atoms with Crippen LogP contribution < -0.4 is 5.32 Å². The molecule has 2 bridgehead atoms. The van der Waals surface area contributed by atoms with Gasteiger partial charge >= 0.3 is 0 Å². The highest BCUT2D eigenvalue weighted by Gasteiger charge is 2.35. The molecule has 1 fully saturated rings. The lowest BCUT2D eigenvalue weighted by Crippen LogP contribution is -2.35. The maximum atomic E-state index is 9.85. The Labute approximate surface area is 99.1 Å². The Morgan fingerprint density at radius 3 is 2.75 bits per heavy atom. The average molecular weight is 223 g/mol. The van der Waals surface area contributed by atoms with E-state index in [2.05, 4.69) is 31.3 Å². The maximum absolute atomic E-state index is 9.85. The minimum Gasteiger partial charge on any atom is -0.392 e. The molecule has 0 radical (unpaired) electrons. The summed E-state index contributed by atoms with van der Waals surface area (Å²) >= 11 is 0. The zero-order chi connectivity index (χ0) is 11.5. The van der Waals surface area contributed by atoms with Gasteiger partial charge in [-0.2, -0.15) is 0 Å². The van der Waals surface area contributed by atoms with Crippen molar-refractivity contribution >= 4 is 0 Å². The summed E-state index contributed by atoms with van der Waals surface area (Å²) in [5, 5.41) is 13.3. The van der Waals surface area contributed by atoms with Crippen LogP contribution in [0.15, 0.2) is 12.2 Å². The number of hydrogen-bond acceptors (Lipinski definition) is 2. The standard InChI is InChI=1S/C14H25NO/c1-3-10(2)14(16)9-15-8-13-7-11-4-5-12(13)6-11/h4-5,10-16H,3,6-9H2,1-2H3. The predicted octanol–water partition coefficient (Wildman–Crippen LogP) is 2.20. The van der Waals surface area contributed by atoms with Crippen LogP contribution >= 0.6 is 0 Å². The van der Waals surface area contributed by atoms with Gasteiger partial charge in [-0.3, -0.25) is 0 Å². The van der Waals surface area contributed by atoms with E-state index in [9.17, 15) is 5.11 Å². The first-order chi connectivity index (χ1) is 7.70. The molecule has 0 aliphatic heterocycles. The first-order valence-electron chi connectivity index (χ1n) is 6.77. The number of nitrogens with one attached hydrogen (secondary N) is 1. The lowest BCUT2D eigenvalue weighted by molar-refractivity contribution is 0.111. The number of allylic oxidation sites excluding steroid dienone is 2. The molecule has 5 unspecified atom stereocenters. The number of hydrogen-bond donors (Lipinski definition) is 2. The Morgan fingerprint density at radius 2 is 2.19 bits per heavy atom. The second-order valence-electron chi connectivity index (χ2n) is 5.65. The van der Waals surface area contributed by atoms with Gasteiger partial charge < -0.3 is 10.4 Å². The van der Waals surface area contributed by atoms with E-state index >= 15 is 0 Å². The van der Waals surface area contributed by atoms with E-state index in [1.807, 2.05) is 0 Å². The molecule has 2 heteroatoms. The fourth-order valence-electron chi connectivity index (χ4n) is 3.02. The molecule has 2 aliphatic rings. The molecule has 0 aromatic heterocycles. The van der Waals surface area contributed by atoms with E-state index in [1.165, 1.54) is 12.8 Å². The molecule has 0 spiro atoms. The number of rotatable bonds is 6. The van der Waals surface area contributed by atoms with Gasteiger partial charge in [0.1, 0.15) is 0 Å². The zero-order valence-electron chi connectivity index (χ0n) is 10.5. The molecule has 2 nitrogen and oxygen atoms in total. The third kappa shape index (κ3) is 2.67. The Balaban J connectivity index is 1.63. The highest BCUT2D eigenvalue weighted by molar-refractivity contribution is 5.10. The van der Waals surface area contributed by atoms with Crippen molar-refractivity contribution in [3.05, 3.63) is 12.2 Å². The lowest BCUT2D eigenvalue weighted by Gasteiger charge is -2.22. The second-order valence-corrected chi connectivity index (χ2v) is 5.65. The van der Waals surface area contributed by atoms with Crippen molar-refractivity contribution in [2.75, 3.05) is 13.1 Å². The van der Waals surface area contributed by atoms with Gasteiger partial charge in [0.05, 0.1) is 6.10 Å². The Bertz CT molecular complexity index is 251. The zero-order valence-corrected chi connectivity index (χ0v) is 10.5. The minimum atomic E-state index is -0.181. The fraction of sp³-hybridized carbons (Fsp3) is 0.857. The molecular weight excluding hydrogens is 198 g/mol. The molecule has 2 N–H and O–H groups in total. The summed E-state index contributed by atoms with van der Waals surface area (Å²) in [6.45, 7) is 6.09. The van der Waals surface area contributed by atoms with Gasteiger partial charge in [0.2, 0.25) is 0 Å². The van der Waals surface area contributed by atoms with Crippen LogP contribution in [0.4, 0.5) is 0 Å².